The first-order valence-corrected chi connectivity index (χ1v) is 9.30. The molecule has 0 aliphatic heterocycles. The van der Waals surface area contributed by atoms with Gasteiger partial charge in [0.1, 0.15) is 0 Å². The third-order valence-electron chi connectivity index (χ3n) is 4.21. The van der Waals surface area contributed by atoms with Crippen molar-refractivity contribution in [3.63, 3.8) is 0 Å². The fraction of sp³-hybridized carbons (Fsp3) is 0.474. The zero-order valence-electron chi connectivity index (χ0n) is 14.7. The molecule has 24 heavy (non-hydrogen) atoms. The Bertz CT molecular complexity index is 639. The first-order valence-electron chi connectivity index (χ1n) is 8.42. The molecule has 1 amide bonds. The Morgan fingerprint density at radius 3 is 2.67 bits per heavy atom. The summed E-state index contributed by atoms with van der Waals surface area (Å²) in [6, 6.07) is 10.4. The van der Waals surface area contributed by atoms with E-state index in [0.717, 1.165) is 23.5 Å². The molecule has 0 fully saturated rings. The Kier molecular flexibility index (Phi) is 6.94. The Labute approximate surface area is 148 Å². The predicted molar refractivity (Wildman–Crippen MR) is 100 cm³/mol. The largest absolute Gasteiger partial charge is 0.345 e. The minimum atomic E-state index is 0.0996. The number of carbonyl (C=O) groups excluding carboxylic acids is 1. The lowest BCUT2D eigenvalue weighted by molar-refractivity contribution is -0.129. The van der Waals surface area contributed by atoms with Crippen LogP contribution in [0.3, 0.4) is 0 Å². The molecule has 1 aromatic carbocycles. The van der Waals surface area contributed by atoms with Gasteiger partial charge in [0.25, 0.3) is 0 Å². The lowest BCUT2D eigenvalue weighted by Gasteiger charge is -2.21. The molecular weight excluding hydrogens is 318 g/mol. The summed E-state index contributed by atoms with van der Waals surface area (Å²) in [5.41, 5.74) is 8.14. The number of likely N-dealkylation sites (N-methyl/N-ethyl adjacent to an activating group) is 1. The summed E-state index contributed by atoms with van der Waals surface area (Å²) < 4.78 is 0. The SMILES string of the molecule is CC(C)C(N)CCN(C)C(=O)Cc1csc(Cc2ccccc2)n1. The molecule has 4 nitrogen and oxygen atoms in total. The standard InChI is InChI=1S/C19H27N3OS/c1-14(2)17(20)9-10-22(3)19(23)12-16-13-24-18(21-16)11-15-7-5-4-6-8-15/h4-8,13-14,17H,9-12,20H2,1-3H3. The van der Waals surface area contributed by atoms with E-state index in [0.29, 0.717) is 18.9 Å². The van der Waals surface area contributed by atoms with Crippen LogP contribution < -0.4 is 5.73 Å². The zero-order valence-corrected chi connectivity index (χ0v) is 15.6. The summed E-state index contributed by atoms with van der Waals surface area (Å²) in [5.74, 6) is 0.537. The van der Waals surface area contributed by atoms with Gasteiger partial charge >= 0.3 is 0 Å². The Hall–Kier alpha value is -1.72. The van der Waals surface area contributed by atoms with E-state index in [4.69, 9.17) is 5.73 Å². The van der Waals surface area contributed by atoms with Crippen LogP contribution in [-0.2, 0) is 17.6 Å². The molecule has 130 valence electrons. The molecule has 2 N–H and O–H groups in total. The highest BCUT2D eigenvalue weighted by atomic mass is 32.1. The van der Waals surface area contributed by atoms with Gasteiger partial charge in [-0.1, -0.05) is 44.2 Å². The van der Waals surface area contributed by atoms with E-state index in [1.807, 2.05) is 30.6 Å². The van der Waals surface area contributed by atoms with Crippen LogP contribution in [0.2, 0.25) is 0 Å². The molecule has 1 atom stereocenters. The number of hydrogen-bond donors (Lipinski definition) is 1. The normalized spacial score (nSPS) is 12.4. The van der Waals surface area contributed by atoms with Crippen molar-refractivity contribution in [1.29, 1.82) is 0 Å². The minimum Gasteiger partial charge on any atom is -0.345 e. The number of aromatic nitrogens is 1. The highest BCUT2D eigenvalue weighted by molar-refractivity contribution is 7.09. The second-order valence-electron chi connectivity index (χ2n) is 6.58. The summed E-state index contributed by atoms with van der Waals surface area (Å²) in [5, 5.41) is 3.04. The van der Waals surface area contributed by atoms with Gasteiger partial charge < -0.3 is 10.6 Å². The summed E-state index contributed by atoms with van der Waals surface area (Å²) in [6.45, 7) is 4.91. The molecule has 5 heteroatoms. The Morgan fingerprint density at radius 1 is 1.29 bits per heavy atom. The fourth-order valence-electron chi connectivity index (χ4n) is 2.37. The molecule has 0 aliphatic carbocycles. The lowest BCUT2D eigenvalue weighted by Crippen LogP contribution is -2.35. The van der Waals surface area contributed by atoms with Gasteiger partial charge in [-0.25, -0.2) is 4.98 Å². The number of nitrogens with two attached hydrogens (primary N) is 1. The highest BCUT2D eigenvalue weighted by Gasteiger charge is 2.14. The van der Waals surface area contributed by atoms with Crippen LogP contribution in [0.4, 0.5) is 0 Å². The first-order chi connectivity index (χ1) is 11.5. The van der Waals surface area contributed by atoms with Gasteiger partial charge in [-0.2, -0.15) is 0 Å². The van der Waals surface area contributed by atoms with Gasteiger partial charge in [-0.15, -0.1) is 11.3 Å². The molecule has 0 radical (unpaired) electrons. The van der Waals surface area contributed by atoms with Gasteiger partial charge in [0.05, 0.1) is 17.1 Å². The predicted octanol–water partition coefficient (Wildman–Crippen LogP) is 3.11. The van der Waals surface area contributed by atoms with Crippen molar-refractivity contribution in [1.82, 2.24) is 9.88 Å². The third kappa shape index (κ3) is 5.73. The number of nitrogens with zero attached hydrogens (tertiary/aromatic N) is 2. The highest BCUT2D eigenvalue weighted by Crippen LogP contribution is 2.15. The Morgan fingerprint density at radius 2 is 2.00 bits per heavy atom. The maximum absolute atomic E-state index is 12.3. The summed E-state index contributed by atoms with van der Waals surface area (Å²) >= 11 is 1.62. The molecule has 0 spiro atoms. The van der Waals surface area contributed by atoms with Crippen LogP contribution in [-0.4, -0.2) is 35.4 Å². The van der Waals surface area contributed by atoms with Crippen molar-refractivity contribution in [3.05, 3.63) is 52.0 Å². The lowest BCUT2D eigenvalue weighted by atomic mass is 10.0. The smallest absolute Gasteiger partial charge is 0.228 e. The summed E-state index contributed by atoms with van der Waals surface area (Å²) in [4.78, 5) is 18.7. The second-order valence-corrected chi connectivity index (χ2v) is 7.53. The molecule has 1 heterocycles. The third-order valence-corrected chi connectivity index (χ3v) is 5.11. The van der Waals surface area contributed by atoms with Crippen LogP contribution in [0.25, 0.3) is 0 Å². The minimum absolute atomic E-state index is 0.0996. The average molecular weight is 346 g/mol. The van der Waals surface area contributed by atoms with E-state index in [9.17, 15) is 4.79 Å². The first kappa shape index (κ1) is 18.6. The zero-order chi connectivity index (χ0) is 17.5. The molecule has 0 saturated heterocycles. The number of amides is 1. The molecular formula is C19H27N3OS. The molecule has 2 rings (SSSR count). The van der Waals surface area contributed by atoms with E-state index in [1.165, 1.54) is 5.56 Å². The fourth-order valence-corrected chi connectivity index (χ4v) is 3.20. The van der Waals surface area contributed by atoms with Crippen LogP contribution in [0.5, 0.6) is 0 Å². The maximum Gasteiger partial charge on any atom is 0.228 e. The van der Waals surface area contributed by atoms with E-state index in [2.05, 4.69) is 31.0 Å². The molecule has 1 unspecified atom stereocenters. The van der Waals surface area contributed by atoms with Crippen molar-refractivity contribution >= 4 is 17.2 Å². The van der Waals surface area contributed by atoms with Gasteiger partial charge in [-0.05, 0) is 17.9 Å². The van der Waals surface area contributed by atoms with Gasteiger partial charge in [0, 0.05) is 31.4 Å². The van der Waals surface area contributed by atoms with Crippen molar-refractivity contribution in [2.45, 2.75) is 39.2 Å². The molecule has 0 bridgehead atoms. The van der Waals surface area contributed by atoms with Gasteiger partial charge in [0.2, 0.25) is 5.91 Å². The average Bonchev–Trinajstić information content (AvgIpc) is 2.99. The van der Waals surface area contributed by atoms with Crippen LogP contribution in [0.1, 0.15) is 36.5 Å². The number of hydrogen-bond acceptors (Lipinski definition) is 4. The van der Waals surface area contributed by atoms with E-state index in [1.54, 1.807) is 16.2 Å². The van der Waals surface area contributed by atoms with Crippen molar-refractivity contribution in [3.8, 4) is 0 Å². The molecule has 1 aromatic heterocycles. The van der Waals surface area contributed by atoms with E-state index >= 15 is 0 Å². The number of carbonyl (C=O) groups is 1. The summed E-state index contributed by atoms with van der Waals surface area (Å²) in [7, 11) is 1.84. The molecule has 2 aromatic rings. The topological polar surface area (TPSA) is 59.2 Å². The van der Waals surface area contributed by atoms with Crippen molar-refractivity contribution in [2.75, 3.05) is 13.6 Å². The molecule has 0 aliphatic rings. The maximum atomic E-state index is 12.3. The van der Waals surface area contributed by atoms with Gasteiger partial charge in [0.15, 0.2) is 0 Å². The number of thiazole rings is 1. The van der Waals surface area contributed by atoms with Crippen molar-refractivity contribution in [2.24, 2.45) is 11.7 Å². The number of benzene rings is 1. The van der Waals surface area contributed by atoms with E-state index < -0.39 is 0 Å². The summed E-state index contributed by atoms with van der Waals surface area (Å²) in [6.07, 6.45) is 2.01. The second kappa shape index (κ2) is 8.94. The van der Waals surface area contributed by atoms with Crippen molar-refractivity contribution < 1.29 is 4.79 Å². The molecule has 0 saturated carbocycles. The van der Waals surface area contributed by atoms with Crippen LogP contribution in [0.15, 0.2) is 35.7 Å². The van der Waals surface area contributed by atoms with E-state index in [-0.39, 0.29) is 11.9 Å². The van der Waals surface area contributed by atoms with Gasteiger partial charge in [-0.3, -0.25) is 4.79 Å². The van der Waals surface area contributed by atoms with Crippen LogP contribution >= 0.6 is 11.3 Å². The van der Waals surface area contributed by atoms with Crippen LogP contribution in [0, 0.1) is 5.92 Å². The quantitative estimate of drug-likeness (QED) is 0.800. The number of rotatable bonds is 8. The monoisotopic (exact) mass is 345 g/mol. The Balaban J connectivity index is 1.84.